The fourth-order valence-electron chi connectivity index (χ4n) is 3.86. The highest BCUT2D eigenvalue weighted by Gasteiger charge is 2.23. The van der Waals surface area contributed by atoms with E-state index in [0.717, 1.165) is 18.4 Å². The molecule has 1 aromatic heterocycles. The van der Waals surface area contributed by atoms with Crippen LogP contribution in [0.2, 0.25) is 5.02 Å². The Morgan fingerprint density at radius 1 is 1.17 bits per heavy atom. The predicted octanol–water partition coefficient (Wildman–Crippen LogP) is 3.26. The molecule has 0 amide bonds. The predicted molar refractivity (Wildman–Crippen MR) is 118 cm³/mol. The topological polar surface area (TPSA) is 82.5 Å². The number of aryl methyl sites for hydroxylation is 2. The molecule has 8 heteroatoms. The van der Waals surface area contributed by atoms with Crippen molar-refractivity contribution in [3.05, 3.63) is 44.3 Å². The molecule has 0 atom stereocenters. The second-order valence-electron chi connectivity index (χ2n) is 7.49. The van der Waals surface area contributed by atoms with Crippen molar-refractivity contribution in [2.24, 2.45) is 7.05 Å². The molecular formula is C22H28ClN3O4. The standard InChI is InChI=1S/C22H28ClN3O4/c1-5-18-20(24-14(11-29-3)12-30-4)22(28)26(2)21(25-18)16-9-13-7-6-8-19(27)15(13)10-17(16)23/h9-10,14,24H,5-8,11-12H2,1-4H3. The van der Waals surface area contributed by atoms with Crippen molar-refractivity contribution in [3.8, 4) is 11.4 Å². The number of nitrogens with one attached hydrogen (secondary N) is 1. The first kappa shape index (κ1) is 22.5. The zero-order chi connectivity index (χ0) is 21.8. The monoisotopic (exact) mass is 433 g/mol. The number of carbonyl (C=O) groups is 1. The van der Waals surface area contributed by atoms with Crippen LogP contribution in [0.15, 0.2) is 16.9 Å². The van der Waals surface area contributed by atoms with Gasteiger partial charge in [0.25, 0.3) is 5.56 Å². The molecule has 0 radical (unpaired) electrons. The molecule has 3 rings (SSSR count). The number of rotatable bonds is 8. The molecule has 0 aliphatic heterocycles. The van der Waals surface area contributed by atoms with Gasteiger partial charge < -0.3 is 14.8 Å². The second-order valence-corrected chi connectivity index (χ2v) is 7.90. The van der Waals surface area contributed by atoms with Crippen LogP contribution >= 0.6 is 11.6 Å². The Labute approximate surface area is 181 Å². The van der Waals surface area contributed by atoms with Crippen LogP contribution in [0.4, 0.5) is 5.69 Å². The van der Waals surface area contributed by atoms with E-state index in [9.17, 15) is 9.59 Å². The van der Waals surface area contributed by atoms with Crippen LogP contribution in [0.5, 0.6) is 0 Å². The van der Waals surface area contributed by atoms with E-state index in [1.165, 1.54) is 4.57 Å². The van der Waals surface area contributed by atoms with Gasteiger partial charge in [-0.1, -0.05) is 18.5 Å². The minimum atomic E-state index is -0.195. The van der Waals surface area contributed by atoms with Crippen molar-refractivity contribution >= 4 is 23.1 Å². The molecule has 162 valence electrons. The van der Waals surface area contributed by atoms with E-state index in [2.05, 4.69) is 5.32 Å². The number of hydrogen-bond acceptors (Lipinski definition) is 6. The maximum atomic E-state index is 13.2. The Kier molecular flexibility index (Phi) is 7.28. The number of fused-ring (bicyclic) bond motifs is 1. The van der Waals surface area contributed by atoms with Gasteiger partial charge in [-0.05, 0) is 37.0 Å². The minimum absolute atomic E-state index is 0.114. The summed E-state index contributed by atoms with van der Waals surface area (Å²) in [5.41, 5.74) is 3.19. The molecule has 1 heterocycles. The zero-order valence-electron chi connectivity index (χ0n) is 17.9. The van der Waals surface area contributed by atoms with Crippen molar-refractivity contribution in [1.29, 1.82) is 0 Å². The van der Waals surface area contributed by atoms with Gasteiger partial charge in [0.05, 0.1) is 30.0 Å². The average Bonchev–Trinajstić information content (AvgIpc) is 2.72. The van der Waals surface area contributed by atoms with Crippen molar-refractivity contribution in [2.75, 3.05) is 32.8 Å². The van der Waals surface area contributed by atoms with Crippen LogP contribution in [0.25, 0.3) is 11.4 Å². The lowest BCUT2D eigenvalue weighted by Crippen LogP contribution is -2.35. The van der Waals surface area contributed by atoms with Crippen molar-refractivity contribution < 1.29 is 14.3 Å². The number of ether oxygens (including phenoxy) is 2. The molecule has 7 nitrogen and oxygen atoms in total. The highest BCUT2D eigenvalue weighted by Crippen LogP contribution is 2.33. The molecule has 1 aliphatic carbocycles. The van der Waals surface area contributed by atoms with E-state index in [4.69, 9.17) is 26.1 Å². The summed E-state index contributed by atoms with van der Waals surface area (Å²) in [7, 11) is 4.89. The molecule has 1 aromatic carbocycles. The number of nitrogens with zero attached hydrogens (tertiary/aromatic N) is 2. The quantitative estimate of drug-likeness (QED) is 0.688. The lowest BCUT2D eigenvalue weighted by atomic mass is 9.89. The van der Waals surface area contributed by atoms with Gasteiger partial charge in [-0.25, -0.2) is 4.98 Å². The van der Waals surface area contributed by atoms with Crippen LogP contribution < -0.4 is 10.9 Å². The summed E-state index contributed by atoms with van der Waals surface area (Å²) in [6.07, 6.45) is 2.75. The molecule has 0 bridgehead atoms. The molecule has 0 saturated heterocycles. The molecular weight excluding hydrogens is 406 g/mol. The van der Waals surface area contributed by atoms with Gasteiger partial charge >= 0.3 is 0 Å². The van der Waals surface area contributed by atoms with Crippen LogP contribution in [0.1, 0.15) is 41.4 Å². The number of ketones is 1. The fraction of sp³-hybridized carbons (Fsp3) is 0.500. The number of methoxy groups -OCH3 is 2. The highest BCUT2D eigenvalue weighted by molar-refractivity contribution is 6.33. The summed E-state index contributed by atoms with van der Waals surface area (Å²) >= 11 is 6.53. The van der Waals surface area contributed by atoms with Crippen LogP contribution in [-0.4, -0.2) is 48.8 Å². The van der Waals surface area contributed by atoms with Crippen molar-refractivity contribution in [3.63, 3.8) is 0 Å². The molecule has 0 saturated carbocycles. The lowest BCUT2D eigenvalue weighted by molar-refractivity contribution is 0.0972. The van der Waals surface area contributed by atoms with Gasteiger partial charge in [0.15, 0.2) is 5.78 Å². The normalized spacial score (nSPS) is 13.6. The molecule has 2 aromatic rings. The number of hydrogen-bond donors (Lipinski definition) is 1. The number of benzene rings is 1. The highest BCUT2D eigenvalue weighted by atomic mass is 35.5. The summed E-state index contributed by atoms with van der Waals surface area (Å²) in [6.45, 7) is 2.74. The summed E-state index contributed by atoms with van der Waals surface area (Å²) in [4.78, 5) is 30.2. The molecule has 1 aliphatic rings. The maximum absolute atomic E-state index is 13.2. The van der Waals surface area contributed by atoms with E-state index in [-0.39, 0.29) is 17.4 Å². The zero-order valence-corrected chi connectivity index (χ0v) is 18.6. The summed E-state index contributed by atoms with van der Waals surface area (Å²) in [5, 5.41) is 3.66. The molecule has 30 heavy (non-hydrogen) atoms. The third-order valence-electron chi connectivity index (χ3n) is 5.37. The Morgan fingerprint density at radius 2 is 1.87 bits per heavy atom. The lowest BCUT2D eigenvalue weighted by Gasteiger charge is -2.22. The van der Waals surface area contributed by atoms with Gasteiger partial charge in [-0.15, -0.1) is 0 Å². The second kappa shape index (κ2) is 9.73. The third-order valence-corrected chi connectivity index (χ3v) is 5.68. The number of carbonyl (C=O) groups excluding carboxylic acids is 1. The van der Waals surface area contributed by atoms with Gasteiger partial charge in [-0.3, -0.25) is 14.2 Å². The minimum Gasteiger partial charge on any atom is -0.382 e. The first-order chi connectivity index (χ1) is 14.4. The fourth-order valence-corrected chi connectivity index (χ4v) is 4.10. The molecule has 1 N–H and O–H groups in total. The summed E-state index contributed by atoms with van der Waals surface area (Å²) in [5.74, 6) is 0.603. The summed E-state index contributed by atoms with van der Waals surface area (Å²) in [6, 6.07) is 3.44. The van der Waals surface area contributed by atoms with Crippen LogP contribution in [0.3, 0.4) is 0 Å². The third kappa shape index (κ3) is 4.43. The van der Waals surface area contributed by atoms with Crippen molar-refractivity contribution in [1.82, 2.24) is 9.55 Å². The maximum Gasteiger partial charge on any atom is 0.277 e. The van der Waals surface area contributed by atoms with Crippen molar-refractivity contribution in [2.45, 2.75) is 38.6 Å². The number of Topliss-reactive ketones (excluding diaryl/α,β-unsaturated/α-hetero) is 1. The van der Waals surface area contributed by atoms with E-state index >= 15 is 0 Å². The molecule has 0 unspecified atom stereocenters. The van der Waals surface area contributed by atoms with Gasteiger partial charge in [0, 0.05) is 38.8 Å². The number of aromatic nitrogens is 2. The molecule has 0 spiro atoms. The Morgan fingerprint density at radius 3 is 2.50 bits per heavy atom. The van der Waals surface area contributed by atoms with E-state index < -0.39 is 0 Å². The van der Waals surface area contributed by atoms with Gasteiger partial charge in [-0.2, -0.15) is 0 Å². The Hall–Kier alpha value is -2.22. The number of anilines is 1. The summed E-state index contributed by atoms with van der Waals surface area (Å²) < 4.78 is 11.9. The van der Waals surface area contributed by atoms with E-state index in [1.54, 1.807) is 27.3 Å². The Balaban J connectivity index is 2.09. The van der Waals surface area contributed by atoms with E-state index in [0.29, 0.717) is 59.4 Å². The number of halogens is 1. The largest absolute Gasteiger partial charge is 0.382 e. The molecule has 0 fully saturated rings. The first-order valence-corrected chi connectivity index (χ1v) is 10.5. The smallest absolute Gasteiger partial charge is 0.277 e. The first-order valence-electron chi connectivity index (χ1n) is 10.1. The van der Waals surface area contributed by atoms with Crippen LogP contribution in [0, 0.1) is 0 Å². The van der Waals surface area contributed by atoms with Gasteiger partial charge in [0.2, 0.25) is 0 Å². The Bertz CT molecular complexity index is 997. The van der Waals surface area contributed by atoms with Crippen LogP contribution in [-0.2, 0) is 29.4 Å². The van der Waals surface area contributed by atoms with E-state index in [1.807, 2.05) is 13.0 Å². The average molecular weight is 434 g/mol. The van der Waals surface area contributed by atoms with Gasteiger partial charge in [0.1, 0.15) is 11.5 Å². The SMILES string of the molecule is CCc1nc(-c2cc3c(cc2Cl)C(=O)CCC3)n(C)c(=O)c1NC(COC)COC.